The molecule has 21 heavy (non-hydrogen) atoms. The van der Waals surface area contributed by atoms with Crippen molar-refractivity contribution in [2.24, 2.45) is 0 Å². The zero-order chi connectivity index (χ0) is 15.2. The van der Waals surface area contributed by atoms with Gasteiger partial charge < -0.3 is 10.1 Å². The quantitative estimate of drug-likeness (QED) is 0.914. The van der Waals surface area contributed by atoms with Gasteiger partial charge in [0.05, 0.1) is 17.7 Å². The highest BCUT2D eigenvalue weighted by atomic mass is 35.5. The number of ether oxygens (including phenoxy) is 1. The summed E-state index contributed by atoms with van der Waals surface area (Å²) in [5.74, 6) is 0.111. The summed E-state index contributed by atoms with van der Waals surface area (Å²) in [7, 11) is 1.55. The molecule has 6 heteroatoms. The number of urea groups is 1. The summed E-state index contributed by atoms with van der Waals surface area (Å²) in [6, 6.07) is 12.6. The van der Waals surface area contributed by atoms with Crippen molar-refractivity contribution in [3.05, 3.63) is 59.1 Å². The van der Waals surface area contributed by atoms with Gasteiger partial charge in [-0.05, 0) is 36.4 Å². The third-order valence-corrected chi connectivity index (χ3v) is 3.02. The predicted molar refractivity (Wildman–Crippen MR) is 80.9 cm³/mol. The molecule has 0 saturated heterocycles. The van der Waals surface area contributed by atoms with Gasteiger partial charge >= 0.3 is 6.03 Å². The van der Waals surface area contributed by atoms with Crippen LogP contribution in [0.2, 0.25) is 5.02 Å². The minimum Gasteiger partial charge on any atom is -0.497 e. The van der Waals surface area contributed by atoms with Gasteiger partial charge in [-0.3, -0.25) is 10.1 Å². The molecule has 2 aromatic carbocycles. The second-order valence-electron chi connectivity index (χ2n) is 4.12. The van der Waals surface area contributed by atoms with Crippen LogP contribution in [0.1, 0.15) is 10.4 Å². The molecule has 0 fully saturated rings. The highest BCUT2D eigenvalue weighted by molar-refractivity contribution is 6.34. The van der Waals surface area contributed by atoms with Gasteiger partial charge in [0.25, 0.3) is 5.91 Å². The Kier molecular flexibility index (Phi) is 4.79. The van der Waals surface area contributed by atoms with Crippen LogP contribution in [0.25, 0.3) is 0 Å². The molecule has 2 aromatic rings. The number of rotatable bonds is 3. The van der Waals surface area contributed by atoms with Crippen molar-refractivity contribution in [2.45, 2.75) is 0 Å². The van der Waals surface area contributed by atoms with Crippen molar-refractivity contribution < 1.29 is 14.3 Å². The largest absolute Gasteiger partial charge is 0.497 e. The molecule has 3 amide bonds. The highest BCUT2D eigenvalue weighted by Crippen LogP contribution is 2.16. The molecule has 108 valence electrons. The number of methoxy groups -OCH3 is 1. The van der Waals surface area contributed by atoms with E-state index in [1.807, 2.05) is 0 Å². The normalized spacial score (nSPS) is 9.81. The van der Waals surface area contributed by atoms with Gasteiger partial charge in [0.2, 0.25) is 0 Å². The zero-order valence-corrected chi connectivity index (χ0v) is 12.0. The molecule has 0 bridgehead atoms. The number of carbonyl (C=O) groups excluding carboxylic acids is 2. The van der Waals surface area contributed by atoms with E-state index in [4.69, 9.17) is 16.3 Å². The number of halogens is 1. The summed E-state index contributed by atoms with van der Waals surface area (Å²) in [5.41, 5.74) is 0.782. The second kappa shape index (κ2) is 6.76. The van der Waals surface area contributed by atoms with E-state index in [9.17, 15) is 9.59 Å². The number of imide groups is 1. The third-order valence-electron chi connectivity index (χ3n) is 2.69. The lowest BCUT2D eigenvalue weighted by atomic mass is 10.2. The lowest BCUT2D eigenvalue weighted by Gasteiger charge is -2.08. The lowest BCUT2D eigenvalue weighted by Crippen LogP contribution is -2.34. The number of hydrogen-bond donors (Lipinski definition) is 2. The van der Waals surface area contributed by atoms with Gasteiger partial charge in [-0.2, -0.15) is 0 Å². The average Bonchev–Trinajstić information content (AvgIpc) is 2.48. The molecule has 0 unspecified atom stereocenters. The fraction of sp³-hybridized carbons (Fsp3) is 0.0667. The van der Waals surface area contributed by atoms with Gasteiger partial charge in [0.15, 0.2) is 0 Å². The first kappa shape index (κ1) is 14.9. The predicted octanol–water partition coefficient (Wildman–Crippen LogP) is 3.31. The third kappa shape index (κ3) is 3.97. The van der Waals surface area contributed by atoms with Crippen LogP contribution in [-0.2, 0) is 0 Å². The Morgan fingerprint density at radius 1 is 1.05 bits per heavy atom. The maximum atomic E-state index is 11.9. The Morgan fingerprint density at radius 2 is 1.71 bits per heavy atom. The Labute approximate surface area is 126 Å². The number of amides is 3. The molecule has 0 aromatic heterocycles. The van der Waals surface area contributed by atoms with Gasteiger partial charge in [0, 0.05) is 5.69 Å². The van der Waals surface area contributed by atoms with Gasteiger partial charge in [-0.25, -0.2) is 4.79 Å². The first-order valence-electron chi connectivity index (χ1n) is 6.11. The first-order chi connectivity index (χ1) is 10.1. The first-order valence-corrected chi connectivity index (χ1v) is 6.49. The molecule has 0 radical (unpaired) electrons. The summed E-state index contributed by atoms with van der Waals surface area (Å²) in [4.78, 5) is 23.6. The molecule has 0 saturated carbocycles. The van der Waals surface area contributed by atoms with E-state index in [0.717, 1.165) is 0 Å². The van der Waals surface area contributed by atoms with Crippen LogP contribution < -0.4 is 15.4 Å². The number of anilines is 1. The van der Waals surface area contributed by atoms with E-state index in [1.54, 1.807) is 55.6 Å². The van der Waals surface area contributed by atoms with Gasteiger partial charge in [0.1, 0.15) is 5.75 Å². The summed E-state index contributed by atoms with van der Waals surface area (Å²) >= 11 is 5.89. The second-order valence-corrected chi connectivity index (χ2v) is 4.52. The molecule has 0 atom stereocenters. The molecular formula is C15H13ClN2O3. The minimum absolute atomic E-state index is 0.240. The molecule has 2 N–H and O–H groups in total. The standard InChI is InChI=1S/C15H13ClN2O3/c1-21-11-8-6-10(7-9-11)17-15(20)18-14(19)12-4-2-3-5-13(12)16/h2-9H,1H3,(H2,17,18,19,20). The number of benzene rings is 2. The van der Waals surface area contributed by atoms with Crippen LogP contribution in [0.5, 0.6) is 5.75 Å². The average molecular weight is 305 g/mol. The summed E-state index contributed by atoms with van der Waals surface area (Å²) < 4.78 is 5.01. The molecule has 2 rings (SSSR count). The van der Waals surface area contributed by atoms with Crippen molar-refractivity contribution in [1.82, 2.24) is 5.32 Å². The van der Waals surface area contributed by atoms with Crippen molar-refractivity contribution in [1.29, 1.82) is 0 Å². The van der Waals surface area contributed by atoms with E-state index in [1.165, 1.54) is 0 Å². The van der Waals surface area contributed by atoms with Crippen LogP contribution >= 0.6 is 11.6 Å². The minimum atomic E-state index is -0.634. The number of hydrogen-bond acceptors (Lipinski definition) is 3. The maximum Gasteiger partial charge on any atom is 0.326 e. The Morgan fingerprint density at radius 3 is 2.33 bits per heavy atom. The van der Waals surface area contributed by atoms with Gasteiger partial charge in [-0.1, -0.05) is 23.7 Å². The Hall–Kier alpha value is -2.53. The Bertz CT molecular complexity index is 656. The van der Waals surface area contributed by atoms with Crippen LogP contribution in [0.15, 0.2) is 48.5 Å². The van der Waals surface area contributed by atoms with Crippen LogP contribution in [0.4, 0.5) is 10.5 Å². The summed E-state index contributed by atoms with van der Waals surface area (Å²) in [6.07, 6.45) is 0. The van der Waals surface area contributed by atoms with Crippen molar-refractivity contribution in [3.63, 3.8) is 0 Å². The van der Waals surface area contributed by atoms with Crippen molar-refractivity contribution in [3.8, 4) is 5.75 Å². The topological polar surface area (TPSA) is 67.4 Å². The molecule has 0 aliphatic heterocycles. The SMILES string of the molecule is COc1ccc(NC(=O)NC(=O)c2ccccc2Cl)cc1. The van der Waals surface area contributed by atoms with Crippen molar-refractivity contribution in [2.75, 3.05) is 12.4 Å². The zero-order valence-electron chi connectivity index (χ0n) is 11.2. The van der Waals surface area contributed by atoms with Crippen LogP contribution in [0.3, 0.4) is 0 Å². The van der Waals surface area contributed by atoms with Crippen LogP contribution in [0, 0.1) is 0 Å². The summed E-state index contributed by atoms with van der Waals surface area (Å²) in [6.45, 7) is 0. The van der Waals surface area contributed by atoms with E-state index < -0.39 is 11.9 Å². The molecule has 0 spiro atoms. The smallest absolute Gasteiger partial charge is 0.326 e. The van der Waals surface area contributed by atoms with Gasteiger partial charge in [-0.15, -0.1) is 0 Å². The molecule has 5 nitrogen and oxygen atoms in total. The molecule has 0 aliphatic rings. The lowest BCUT2D eigenvalue weighted by molar-refractivity contribution is 0.0967. The van der Waals surface area contributed by atoms with Crippen molar-refractivity contribution >= 4 is 29.2 Å². The van der Waals surface area contributed by atoms with E-state index in [-0.39, 0.29) is 10.6 Å². The van der Waals surface area contributed by atoms with E-state index in [0.29, 0.717) is 11.4 Å². The highest BCUT2D eigenvalue weighted by Gasteiger charge is 2.13. The molecule has 0 aliphatic carbocycles. The van der Waals surface area contributed by atoms with Crippen LogP contribution in [-0.4, -0.2) is 19.0 Å². The monoisotopic (exact) mass is 304 g/mol. The summed E-state index contributed by atoms with van der Waals surface area (Å²) in [5, 5.41) is 5.04. The Balaban J connectivity index is 1.98. The maximum absolute atomic E-state index is 11.9. The molecular weight excluding hydrogens is 292 g/mol. The number of nitrogens with one attached hydrogen (secondary N) is 2. The fourth-order valence-electron chi connectivity index (χ4n) is 1.65. The fourth-order valence-corrected chi connectivity index (χ4v) is 1.87. The van der Waals surface area contributed by atoms with E-state index >= 15 is 0 Å². The number of carbonyl (C=O) groups is 2. The molecule has 0 heterocycles. The van der Waals surface area contributed by atoms with E-state index in [2.05, 4.69) is 10.6 Å².